The number of amides is 1. The largest absolute Gasteiger partial charge is 0.389 e. The number of aliphatic hydroxyl groups is 1. The van der Waals surface area contributed by atoms with E-state index in [1.54, 1.807) is 25.6 Å². The van der Waals surface area contributed by atoms with Crippen LogP contribution in [-0.2, 0) is 4.79 Å². The van der Waals surface area contributed by atoms with Gasteiger partial charge in [0.15, 0.2) is 0 Å². The first-order chi connectivity index (χ1) is 9.76. The smallest absolute Gasteiger partial charge is 0.241 e. The molecule has 1 rings (SSSR count). The number of hydrogen-bond acceptors (Lipinski definition) is 4. The summed E-state index contributed by atoms with van der Waals surface area (Å²) in [4.78, 5) is 15.4. The quantitative estimate of drug-likeness (QED) is 0.760. The van der Waals surface area contributed by atoms with Gasteiger partial charge in [-0.2, -0.15) is 0 Å². The molecule has 2 N–H and O–H groups in total. The van der Waals surface area contributed by atoms with Gasteiger partial charge in [-0.05, 0) is 57.8 Å². The van der Waals surface area contributed by atoms with Gasteiger partial charge in [0.2, 0.25) is 5.91 Å². The van der Waals surface area contributed by atoms with E-state index in [1.165, 1.54) is 4.90 Å². The van der Waals surface area contributed by atoms with Crippen LogP contribution < -0.4 is 5.32 Å². The van der Waals surface area contributed by atoms with Crippen molar-refractivity contribution in [3.63, 3.8) is 0 Å². The van der Waals surface area contributed by atoms with E-state index in [9.17, 15) is 9.90 Å². The lowest BCUT2D eigenvalue weighted by molar-refractivity contribution is -0.121. The second-order valence-electron chi connectivity index (χ2n) is 5.77. The van der Waals surface area contributed by atoms with Crippen molar-refractivity contribution in [3.8, 4) is 0 Å². The van der Waals surface area contributed by atoms with Crippen molar-refractivity contribution >= 4 is 23.4 Å². The minimum absolute atomic E-state index is 0.0574. The third-order valence-electron chi connectivity index (χ3n) is 3.28. The molecule has 1 aromatic rings. The Kier molecular flexibility index (Phi) is 6.71. The minimum Gasteiger partial charge on any atom is -0.389 e. The highest BCUT2D eigenvalue weighted by molar-refractivity contribution is 7.98. The maximum absolute atomic E-state index is 12.3. The molecule has 0 aliphatic carbocycles. The number of benzene rings is 1. The van der Waals surface area contributed by atoms with E-state index in [4.69, 9.17) is 0 Å². The van der Waals surface area contributed by atoms with Gasteiger partial charge in [-0.25, -0.2) is 0 Å². The van der Waals surface area contributed by atoms with Crippen LogP contribution in [0.2, 0.25) is 0 Å². The molecule has 0 heterocycles. The summed E-state index contributed by atoms with van der Waals surface area (Å²) in [5, 5.41) is 12.8. The average molecular weight is 310 g/mol. The number of rotatable bonds is 7. The summed E-state index contributed by atoms with van der Waals surface area (Å²) in [6, 6.07) is 7.49. The Balaban J connectivity index is 2.67. The summed E-state index contributed by atoms with van der Waals surface area (Å²) in [6.45, 7) is 8.53. The van der Waals surface area contributed by atoms with E-state index < -0.39 is 5.60 Å². The van der Waals surface area contributed by atoms with Gasteiger partial charge in [0, 0.05) is 17.1 Å². The zero-order valence-corrected chi connectivity index (χ0v) is 14.3. The van der Waals surface area contributed by atoms with Crippen LogP contribution in [0.1, 0.15) is 27.7 Å². The summed E-state index contributed by atoms with van der Waals surface area (Å²) in [6.07, 6.45) is 2.02. The molecule has 1 amide bonds. The van der Waals surface area contributed by atoms with E-state index in [1.807, 2.05) is 49.3 Å². The van der Waals surface area contributed by atoms with Gasteiger partial charge >= 0.3 is 0 Å². The van der Waals surface area contributed by atoms with Gasteiger partial charge < -0.3 is 10.4 Å². The Morgan fingerprint density at radius 1 is 1.38 bits per heavy atom. The Morgan fingerprint density at radius 3 is 2.38 bits per heavy atom. The summed E-state index contributed by atoms with van der Waals surface area (Å²) in [5.41, 5.74) is -0.0196. The van der Waals surface area contributed by atoms with E-state index in [0.29, 0.717) is 13.1 Å². The van der Waals surface area contributed by atoms with E-state index in [-0.39, 0.29) is 11.9 Å². The molecule has 1 atom stereocenters. The van der Waals surface area contributed by atoms with Crippen LogP contribution in [0, 0.1) is 0 Å². The predicted octanol–water partition coefficient (Wildman–Crippen LogP) is 2.83. The number of likely N-dealkylation sites (N-methyl/N-ethyl adjacent to an activating group) is 1. The fourth-order valence-corrected chi connectivity index (χ4v) is 2.51. The van der Waals surface area contributed by atoms with Crippen molar-refractivity contribution < 1.29 is 9.90 Å². The first kappa shape index (κ1) is 18.0. The minimum atomic E-state index is -0.815. The van der Waals surface area contributed by atoms with Crippen molar-refractivity contribution in [2.45, 2.75) is 44.2 Å². The highest BCUT2D eigenvalue weighted by Gasteiger charge is 2.25. The molecular formula is C16H26N2O2S. The monoisotopic (exact) mass is 310 g/mol. The number of hydrogen-bond donors (Lipinski definition) is 2. The van der Waals surface area contributed by atoms with Gasteiger partial charge in [-0.3, -0.25) is 9.69 Å². The van der Waals surface area contributed by atoms with Crippen LogP contribution in [0.15, 0.2) is 29.2 Å². The van der Waals surface area contributed by atoms with Crippen molar-refractivity contribution in [2.75, 3.05) is 24.7 Å². The maximum atomic E-state index is 12.3. The highest BCUT2D eigenvalue weighted by Crippen LogP contribution is 2.18. The molecule has 0 saturated heterocycles. The third kappa shape index (κ3) is 6.08. The molecule has 0 spiro atoms. The molecule has 0 bridgehead atoms. The van der Waals surface area contributed by atoms with Gasteiger partial charge in [0.05, 0.1) is 11.6 Å². The fourth-order valence-electron chi connectivity index (χ4n) is 2.11. The van der Waals surface area contributed by atoms with Crippen molar-refractivity contribution in [1.29, 1.82) is 0 Å². The molecule has 118 valence electrons. The standard InChI is InChI=1S/C16H26N2O2S/c1-6-18(11-16(3,4)20)12(2)15(19)17-13-7-9-14(21-5)10-8-13/h7-10,12,20H,6,11H2,1-5H3,(H,17,19). The Bertz CT molecular complexity index is 454. The van der Waals surface area contributed by atoms with E-state index >= 15 is 0 Å². The predicted molar refractivity (Wildman–Crippen MR) is 89.9 cm³/mol. The van der Waals surface area contributed by atoms with E-state index in [0.717, 1.165) is 5.69 Å². The SMILES string of the molecule is CCN(CC(C)(C)O)C(C)C(=O)Nc1ccc(SC)cc1. The van der Waals surface area contributed by atoms with Crippen molar-refractivity contribution in [2.24, 2.45) is 0 Å². The molecule has 21 heavy (non-hydrogen) atoms. The zero-order chi connectivity index (χ0) is 16.0. The molecule has 1 unspecified atom stereocenters. The Morgan fingerprint density at radius 2 is 1.95 bits per heavy atom. The second kappa shape index (κ2) is 7.82. The molecular weight excluding hydrogens is 284 g/mol. The van der Waals surface area contributed by atoms with Crippen LogP contribution in [0.25, 0.3) is 0 Å². The topological polar surface area (TPSA) is 52.6 Å². The molecule has 0 saturated carbocycles. The third-order valence-corrected chi connectivity index (χ3v) is 4.02. The first-order valence-electron chi connectivity index (χ1n) is 7.18. The Labute approximate surface area is 131 Å². The summed E-state index contributed by atoms with van der Waals surface area (Å²) in [5.74, 6) is -0.0574. The molecule has 0 fully saturated rings. The first-order valence-corrected chi connectivity index (χ1v) is 8.40. The van der Waals surface area contributed by atoms with Crippen LogP contribution in [0.4, 0.5) is 5.69 Å². The second-order valence-corrected chi connectivity index (χ2v) is 6.65. The van der Waals surface area contributed by atoms with Gasteiger partial charge in [-0.1, -0.05) is 6.92 Å². The van der Waals surface area contributed by atoms with Crippen molar-refractivity contribution in [1.82, 2.24) is 4.90 Å². The summed E-state index contributed by atoms with van der Waals surface area (Å²) < 4.78 is 0. The van der Waals surface area contributed by atoms with Crippen molar-refractivity contribution in [3.05, 3.63) is 24.3 Å². The van der Waals surface area contributed by atoms with E-state index in [2.05, 4.69) is 5.32 Å². The van der Waals surface area contributed by atoms with Gasteiger partial charge in [-0.15, -0.1) is 11.8 Å². The number of carbonyl (C=O) groups excluding carboxylic acids is 1. The summed E-state index contributed by atoms with van der Waals surface area (Å²) >= 11 is 1.67. The normalized spacial score (nSPS) is 13.3. The zero-order valence-electron chi connectivity index (χ0n) is 13.5. The van der Waals surface area contributed by atoms with Crippen LogP contribution in [-0.4, -0.2) is 46.9 Å². The molecule has 0 radical (unpaired) electrons. The number of anilines is 1. The van der Waals surface area contributed by atoms with Crippen LogP contribution in [0.5, 0.6) is 0 Å². The van der Waals surface area contributed by atoms with Crippen LogP contribution >= 0.6 is 11.8 Å². The lowest BCUT2D eigenvalue weighted by Crippen LogP contribution is -2.48. The van der Waals surface area contributed by atoms with Crippen LogP contribution in [0.3, 0.4) is 0 Å². The van der Waals surface area contributed by atoms with Gasteiger partial charge in [0.1, 0.15) is 0 Å². The molecule has 4 nitrogen and oxygen atoms in total. The lowest BCUT2D eigenvalue weighted by atomic mass is 10.1. The number of nitrogens with one attached hydrogen (secondary N) is 1. The number of thioether (sulfide) groups is 1. The average Bonchev–Trinajstić information content (AvgIpc) is 2.43. The number of nitrogens with zero attached hydrogens (tertiary/aromatic N) is 1. The molecule has 5 heteroatoms. The molecule has 1 aromatic carbocycles. The Hall–Kier alpha value is -1.04. The lowest BCUT2D eigenvalue weighted by Gasteiger charge is -2.32. The fraction of sp³-hybridized carbons (Fsp3) is 0.562. The number of carbonyl (C=O) groups is 1. The maximum Gasteiger partial charge on any atom is 0.241 e. The molecule has 0 aliphatic rings. The molecule has 0 aromatic heterocycles. The summed E-state index contributed by atoms with van der Waals surface area (Å²) in [7, 11) is 0. The molecule has 0 aliphatic heterocycles. The van der Waals surface area contributed by atoms with Gasteiger partial charge in [0.25, 0.3) is 0 Å². The highest BCUT2D eigenvalue weighted by atomic mass is 32.2.